The molecule has 5 rings (SSSR count). The van der Waals surface area contributed by atoms with Crippen molar-refractivity contribution in [3.63, 3.8) is 0 Å². The van der Waals surface area contributed by atoms with Crippen molar-refractivity contribution in [2.45, 2.75) is 51.3 Å². The summed E-state index contributed by atoms with van der Waals surface area (Å²) in [6, 6.07) is 12.5. The predicted octanol–water partition coefficient (Wildman–Crippen LogP) is 4.57. The van der Waals surface area contributed by atoms with Crippen molar-refractivity contribution in [1.82, 2.24) is 20.1 Å². The maximum atomic E-state index is 13.5. The molecule has 0 spiro atoms. The van der Waals surface area contributed by atoms with E-state index in [-0.39, 0.29) is 24.5 Å². The van der Waals surface area contributed by atoms with Gasteiger partial charge in [0.15, 0.2) is 0 Å². The number of nitrogens with zero attached hydrogens (tertiary/aromatic N) is 3. The molecule has 2 heterocycles. The van der Waals surface area contributed by atoms with E-state index in [4.69, 9.17) is 9.47 Å². The third-order valence-electron chi connectivity index (χ3n) is 7.20. The minimum atomic E-state index is -0.664. The molecule has 1 aromatic carbocycles. The zero-order chi connectivity index (χ0) is 25.8. The lowest BCUT2D eigenvalue weighted by molar-refractivity contribution is -0.119. The molecule has 2 aliphatic carbocycles. The molecule has 2 saturated carbocycles. The van der Waals surface area contributed by atoms with Crippen LogP contribution in [-0.2, 0) is 16.1 Å². The summed E-state index contributed by atoms with van der Waals surface area (Å²) in [5.41, 5.74) is 2.34. The molecule has 0 radical (unpaired) electrons. The van der Waals surface area contributed by atoms with E-state index >= 15 is 0 Å². The average molecular weight is 504 g/mol. The zero-order valence-corrected chi connectivity index (χ0v) is 21.2. The Labute approximate surface area is 216 Å². The SMILES string of the molecule is COc1ncccc1[C@H](C)n1cc(NC(=O)[C@@H](NC(=O)OCc2ccccc2)C(C2CC2)C2CC2)cn1. The second kappa shape index (κ2) is 11.0. The lowest BCUT2D eigenvalue weighted by Crippen LogP contribution is -2.50. The molecule has 2 atom stereocenters. The number of carbonyl (C=O) groups is 2. The van der Waals surface area contributed by atoms with Crippen LogP contribution in [0.4, 0.5) is 10.5 Å². The number of pyridine rings is 1. The first kappa shape index (κ1) is 24.8. The van der Waals surface area contributed by atoms with Crippen molar-refractivity contribution in [1.29, 1.82) is 0 Å². The Morgan fingerprint density at radius 2 is 1.81 bits per heavy atom. The summed E-state index contributed by atoms with van der Waals surface area (Å²) in [6.07, 6.45) is 8.86. The molecule has 9 heteroatoms. The number of nitrogens with one attached hydrogen (secondary N) is 2. The molecule has 2 N–H and O–H groups in total. The number of alkyl carbamates (subject to hydrolysis) is 1. The van der Waals surface area contributed by atoms with E-state index in [1.165, 1.54) is 0 Å². The first-order valence-electron chi connectivity index (χ1n) is 12.8. The lowest BCUT2D eigenvalue weighted by Gasteiger charge is -2.27. The Hall–Kier alpha value is -3.88. The van der Waals surface area contributed by atoms with Gasteiger partial charge < -0.3 is 20.1 Å². The van der Waals surface area contributed by atoms with Gasteiger partial charge in [-0.05, 0) is 68.1 Å². The van der Waals surface area contributed by atoms with Gasteiger partial charge in [-0.15, -0.1) is 0 Å². The highest BCUT2D eigenvalue weighted by Crippen LogP contribution is 2.50. The number of methoxy groups -OCH3 is 1. The Morgan fingerprint density at radius 3 is 2.49 bits per heavy atom. The molecule has 3 aromatic rings. The standard InChI is InChI=1S/C28H33N5O4/c1-18(23-9-6-14-29-27(23)36-2)33-16-22(15-30-33)31-26(34)25(24(20-10-11-20)21-12-13-21)32-28(35)37-17-19-7-4-3-5-8-19/h3-9,14-16,18,20-21,24-25H,10-13,17H2,1-2H3,(H,31,34)(H,32,35)/t18-,25-/m0/s1. The number of aromatic nitrogens is 3. The number of carbonyl (C=O) groups excluding carboxylic acids is 2. The van der Waals surface area contributed by atoms with Crippen LogP contribution in [0.3, 0.4) is 0 Å². The van der Waals surface area contributed by atoms with Crippen LogP contribution in [0.1, 0.15) is 49.8 Å². The third kappa shape index (κ3) is 6.10. The van der Waals surface area contributed by atoms with E-state index in [9.17, 15) is 9.59 Å². The number of ether oxygens (including phenoxy) is 2. The molecule has 2 amide bonds. The van der Waals surface area contributed by atoms with Crippen molar-refractivity contribution < 1.29 is 19.1 Å². The fourth-order valence-electron chi connectivity index (χ4n) is 4.99. The normalized spacial score (nSPS) is 16.6. The van der Waals surface area contributed by atoms with Crippen LogP contribution in [0, 0.1) is 17.8 Å². The summed E-state index contributed by atoms with van der Waals surface area (Å²) in [6.45, 7) is 2.14. The van der Waals surface area contributed by atoms with Gasteiger partial charge in [0.25, 0.3) is 0 Å². The first-order valence-corrected chi connectivity index (χ1v) is 12.8. The van der Waals surface area contributed by atoms with E-state index in [0.29, 0.717) is 23.4 Å². The van der Waals surface area contributed by atoms with Crippen molar-refractivity contribution in [3.8, 4) is 5.88 Å². The van der Waals surface area contributed by atoms with E-state index in [1.807, 2.05) is 49.4 Å². The van der Waals surface area contributed by atoms with Crippen molar-refractivity contribution in [2.75, 3.05) is 12.4 Å². The minimum Gasteiger partial charge on any atom is -0.481 e. The summed E-state index contributed by atoms with van der Waals surface area (Å²) < 4.78 is 12.6. The van der Waals surface area contributed by atoms with Gasteiger partial charge in [0.2, 0.25) is 11.8 Å². The van der Waals surface area contributed by atoms with Gasteiger partial charge in [-0.2, -0.15) is 5.10 Å². The zero-order valence-electron chi connectivity index (χ0n) is 21.2. The molecular weight excluding hydrogens is 470 g/mol. The van der Waals surface area contributed by atoms with Gasteiger partial charge >= 0.3 is 6.09 Å². The van der Waals surface area contributed by atoms with Crippen LogP contribution in [0.25, 0.3) is 0 Å². The van der Waals surface area contributed by atoms with Crippen LogP contribution >= 0.6 is 0 Å². The van der Waals surface area contributed by atoms with Crippen LogP contribution < -0.4 is 15.4 Å². The second-order valence-corrected chi connectivity index (χ2v) is 9.91. The van der Waals surface area contributed by atoms with E-state index < -0.39 is 12.1 Å². The largest absolute Gasteiger partial charge is 0.481 e. The molecule has 2 aliphatic rings. The number of hydrogen-bond donors (Lipinski definition) is 2. The number of benzene rings is 1. The van der Waals surface area contributed by atoms with Crippen LogP contribution in [0.5, 0.6) is 5.88 Å². The fraction of sp³-hybridized carbons (Fsp3) is 0.429. The van der Waals surface area contributed by atoms with Gasteiger partial charge in [-0.3, -0.25) is 9.48 Å². The van der Waals surface area contributed by atoms with Gasteiger partial charge in [0, 0.05) is 18.0 Å². The van der Waals surface area contributed by atoms with E-state index in [0.717, 1.165) is 36.8 Å². The maximum Gasteiger partial charge on any atom is 0.408 e. The molecule has 0 bridgehead atoms. The molecule has 0 unspecified atom stereocenters. The van der Waals surface area contributed by atoms with Gasteiger partial charge in [0.1, 0.15) is 12.6 Å². The Balaban J connectivity index is 1.27. The van der Waals surface area contributed by atoms with Gasteiger partial charge in [-0.25, -0.2) is 9.78 Å². The molecule has 0 saturated heterocycles. The van der Waals surface area contributed by atoms with Crippen LogP contribution in [-0.4, -0.2) is 39.9 Å². The number of anilines is 1. The quantitative estimate of drug-likeness (QED) is 0.397. The Kier molecular flexibility index (Phi) is 7.39. The summed E-state index contributed by atoms with van der Waals surface area (Å²) in [5.74, 6) is 1.31. The fourth-order valence-corrected chi connectivity index (χ4v) is 4.99. The molecule has 2 aromatic heterocycles. The van der Waals surface area contributed by atoms with Crippen LogP contribution in [0.15, 0.2) is 61.1 Å². The topological polar surface area (TPSA) is 107 Å². The summed E-state index contributed by atoms with van der Waals surface area (Å²) in [4.78, 5) is 30.5. The molecule has 2 fully saturated rings. The number of rotatable bonds is 11. The highest BCUT2D eigenvalue weighted by atomic mass is 16.5. The van der Waals surface area contributed by atoms with E-state index in [2.05, 4.69) is 20.7 Å². The molecular formula is C28H33N5O4. The summed E-state index contributed by atoms with van der Waals surface area (Å²) >= 11 is 0. The van der Waals surface area contributed by atoms with Crippen molar-refractivity contribution >= 4 is 17.7 Å². The highest BCUT2D eigenvalue weighted by Gasteiger charge is 2.48. The molecule has 0 aliphatic heterocycles. The number of amides is 2. The van der Waals surface area contributed by atoms with Gasteiger partial charge in [0.05, 0.1) is 25.0 Å². The molecule has 194 valence electrons. The highest BCUT2D eigenvalue weighted by molar-refractivity contribution is 5.96. The molecule has 37 heavy (non-hydrogen) atoms. The third-order valence-corrected chi connectivity index (χ3v) is 7.20. The first-order chi connectivity index (χ1) is 18.0. The van der Waals surface area contributed by atoms with Crippen molar-refractivity contribution in [3.05, 3.63) is 72.2 Å². The average Bonchev–Trinajstić information content (AvgIpc) is 3.87. The monoisotopic (exact) mass is 503 g/mol. The van der Waals surface area contributed by atoms with Crippen molar-refractivity contribution in [2.24, 2.45) is 17.8 Å². The number of hydrogen-bond acceptors (Lipinski definition) is 6. The summed E-state index contributed by atoms with van der Waals surface area (Å²) in [7, 11) is 1.58. The Morgan fingerprint density at radius 1 is 1.08 bits per heavy atom. The summed E-state index contributed by atoms with van der Waals surface area (Å²) in [5, 5.41) is 10.3. The molecule has 9 nitrogen and oxygen atoms in total. The maximum absolute atomic E-state index is 13.5. The smallest absolute Gasteiger partial charge is 0.408 e. The van der Waals surface area contributed by atoms with E-state index in [1.54, 1.807) is 30.4 Å². The Bertz CT molecular complexity index is 1210. The second-order valence-electron chi connectivity index (χ2n) is 9.91. The van der Waals surface area contributed by atoms with Gasteiger partial charge in [-0.1, -0.05) is 30.3 Å². The predicted molar refractivity (Wildman–Crippen MR) is 138 cm³/mol. The van der Waals surface area contributed by atoms with Crippen LogP contribution in [0.2, 0.25) is 0 Å². The minimum absolute atomic E-state index is 0.109. The lowest BCUT2D eigenvalue weighted by atomic mass is 9.89.